The summed E-state index contributed by atoms with van der Waals surface area (Å²) in [5, 5.41) is 9.18. The van der Waals surface area contributed by atoms with Crippen LogP contribution in [0.25, 0.3) is 6.08 Å². The van der Waals surface area contributed by atoms with Gasteiger partial charge in [0.05, 0.1) is 7.11 Å². The summed E-state index contributed by atoms with van der Waals surface area (Å²) in [5.74, 6) is 0.818. The molecule has 3 heteroatoms. The second-order valence-electron chi connectivity index (χ2n) is 4.37. The van der Waals surface area contributed by atoms with Crippen molar-refractivity contribution in [3.63, 3.8) is 0 Å². The van der Waals surface area contributed by atoms with Gasteiger partial charge in [-0.05, 0) is 36.4 Å². The minimum atomic E-state index is -0.111. The lowest BCUT2D eigenvalue weighted by molar-refractivity contribution is 0.104. The first-order chi connectivity index (χ1) is 10.2. The van der Waals surface area contributed by atoms with Crippen LogP contribution in [0.3, 0.4) is 0 Å². The molecule has 0 aromatic heterocycles. The Balaban J connectivity index is 2.03. The van der Waals surface area contributed by atoms with Crippen LogP contribution < -0.4 is 4.74 Å². The molecule has 2 aromatic rings. The Kier molecular flexibility index (Phi) is 4.94. The number of ether oxygens (including phenoxy) is 1. The lowest BCUT2D eigenvalue weighted by Crippen LogP contribution is -1.92. The fourth-order valence-electron chi connectivity index (χ4n) is 1.83. The molecule has 0 aliphatic rings. The fraction of sp³-hybridized carbons (Fsp3) is 0.0556. The quantitative estimate of drug-likeness (QED) is 0.514. The van der Waals surface area contributed by atoms with Gasteiger partial charge in [-0.1, -0.05) is 36.4 Å². The number of ketones is 1. The van der Waals surface area contributed by atoms with Gasteiger partial charge in [0.25, 0.3) is 0 Å². The highest BCUT2D eigenvalue weighted by atomic mass is 16.5. The van der Waals surface area contributed by atoms with E-state index in [2.05, 4.69) is 0 Å². The van der Waals surface area contributed by atoms with E-state index in [1.165, 1.54) is 18.2 Å². The molecular formula is C18H16O3. The number of phenolic OH excluding ortho intramolecular Hbond substituents is 1. The van der Waals surface area contributed by atoms with Crippen LogP contribution in [-0.2, 0) is 0 Å². The Morgan fingerprint density at radius 2 is 1.76 bits per heavy atom. The van der Waals surface area contributed by atoms with Crippen LogP contribution in [0.2, 0.25) is 0 Å². The molecule has 0 aliphatic heterocycles. The summed E-state index contributed by atoms with van der Waals surface area (Å²) in [6.45, 7) is 0. The zero-order chi connectivity index (χ0) is 15.1. The van der Waals surface area contributed by atoms with E-state index in [1.807, 2.05) is 30.3 Å². The zero-order valence-corrected chi connectivity index (χ0v) is 11.7. The molecule has 2 aromatic carbocycles. The lowest BCUT2D eigenvalue weighted by atomic mass is 10.1. The summed E-state index contributed by atoms with van der Waals surface area (Å²) < 4.78 is 5.24. The fourth-order valence-corrected chi connectivity index (χ4v) is 1.83. The third-order valence-corrected chi connectivity index (χ3v) is 2.93. The minimum absolute atomic E-state index is 0.111. The van der Waals surface area contributed by atoms with Crippen molar-refractivity contribution in [1.82, 2.24) is 0 Å². The van der Waals surface area contributed by atoms with Gasteiger partial charge in [0, 0.05) is 11.1 Å². The SMILES string of the molecule is COc1ccccc1/C=C/C=C/C(=O)c1ccc(O)cc1. The number of allylic oxidation sites excluding steroid dienone is 3. The van der Waals surface area contributed by atoms with Crippen molar-refractivity contribution in [3.8, 4) is 11.5 Å². The van der Waals surface area contributed by atoms with Crippen LogP contribution in [0, 0.1) is 0 Å². The van der Waals surface area contributed by atoms with Crippen LogP contribution in [0.15, 0.2) is 66.8 Å². The van der Waals surface area contributed by atoms with E-state index in [-0.39, 0.29) is 11.5 Å². The molecule has 0 heterocycles. The van der Waals surface area contributed by atoms with Gasteiger partial charge in [-0.15, -0.1) is 0 Å². The second-order valence-corrected chi connectivity index (χ2v) is 4.37. The number of methoxy groups -OCH3 is 1. The average molecular weight is 280 g/mol. The van der Waals surface area contributed by atoms with Crippen molar-refractivity contribution in [1.29, 1.82) is 0 Å². The summed E-state index contributed by atoms with van der Waals surface area (Å²) in [7, 11) is 1.62. The smallest absolute Gasteiger partial charge is 0.185 e. The number of hydrogen-bond acceptors (Lipinski definition) is 3. The van der Waals surface area contributed by atoms with Gasteiger partial charge >= 0.3 is 0 Å². The Bertz CT molecular complexity index is 667. The predicted octanol–water partition coefficient (Wildman–Crippen LogP) is 3.85. The maximum atomic E-state index is 11.9. The van der Waals surface area contributed by atoms with Crippen LogP contribution in [0.4, 0.5) is 0 Å². The first kappa shape index (κ1) is 14.6. The molecule has 0 fully saturated rings. The largest absolute Gasteiger partial charge is 0.508 e. The highest BCUT2D eigenvalue weighted by Crippen LogP contribution is 2.18. The first-order valence-corrected chi connectivity index (χ1v) is 6.52. The molecule has 2 rings (SSSR count). The van der Waals surface area contributed by atoms with Crippen LogP contribution >= 0.6 is 0 Å². The Morgan fingerprint density at radius 3 is 2.48 bits per heavy atom. The third-order valence-electron chi connectivity index (χ3n) is 2.93. The Hall–Kier alpha value is -2.81. The molecule has 21 heavy (non-hydrogen) atoms. The van der Waals surface area contributed by atoms with Crippen LogP contribution in [0.1, 0.15) is 15.9 Å². The molecule has 0 bridgehead atoms. The lowest BCUT2D eigenvalue weighted by Gasteiger charge is -2.02. The number of hydrogen-bond donors (Lipinski definition) is 1. The van der Waals surface area contributed by atoms with E-state index < -0.39 is 0 Å². The molecule has 0 aliphatic carbocycles. The molecule has 0 amide bonds. The van der Waals surface area contributed by atoms with Gasteiger partial charge in [-0.25, -0.2) is 0 Å². The molecule has 106 valence electrons. The Labute approximate surface area is 123 Å². The topological polar surface area (TPSA) is 46.5 Å². The number of para-hydroxylation sites is 1. The number of carbonyl (C=O) groups excluding carboxylic acids is 1. The van der Waals surface area contributed by atoms with Gasteiger partial charge < -0.3 is 9.84 Å². The summed E-state index contributed by atoms with van der Waals surface area (Å²) in [5.41, 5.74) is 1.48. The van der Waals surface area contributed by atoms with Crippen molar-refractivity contribution in [2.45, 2.75) is 0 Å². The molecule has 0 spiro atoms. The van der Waals surface area contributed by atoms with E-state index in [9.17, 15) is 9.90 Å². The molecule has 0 atom stereocenters. The van der Waals surface area contributed by atoms with Gasteiger partial charge in [0.2, 0.25) is 0 Å². The van der Waals surface area contributed by atoms with E-state index in [0.717, 1.165) is 11.3 Å². The minimum Gasteiger partial charge on any atom is -0.508 e. The molecule has 3 nitrogen and oxygen atoms in total. The molecule has 0 unspecified atom stereocenters. The second kappa shape index (κ2) is 7.10. The summed E-state index contributed by atoms with van der Waals surface area (Å²) in [6, 6.07) is 13.8. The number of phenols is 1. The average Bonchev–Trinajstić information content (AvgIpc) is 2.52. The monoisotopic (exact) mass is 280 g/mol. The summed E-state index contributed by atoms with van der Waals surface area (Å²) >= 11 is 0. The molecule has 0 saturated heterocycles. The maximum Gasteiger partial charge on any atom is 0.185 e. The van der Waals surface area contributed by atoms with Crippen molar-refractivity contribution in [2.75, 3.05) is 7.11 Å². The van der Waals surface area contributed by atoms with Crippen LogP contribution in [0.5, 0.6) is 11.5 Å². The van der Waals surface area contributed by atoms with Gasteiger partial charge in [-0.2, -0.15) is 0 Å². The van der Waals surface area contributed by atoms with E-state index in [4.69, 9.17) is 4.74 Å². The van der Waals surface area contributed by atoms with Crippen molar-refractivity contribution < 1.29 is 14.6 Å². The highest BCUT2D eigenvalue weighted by Gasteiger charge is 2.00. The molecule has 1 N–H and O–H groups in total. The summed E-state index contributed by atoms with van der Waals surface area (Å²) in [4.78, 5) is 11.9. The molecule has 0 saturated carbocycles. The molecular weight excluding hydrogens is 264 g/mol. The predicted molar refractivity (Wildman–Crippen MR) is 83.6 cm³/mol. The number of carbonyl (C=O) groups is 1. The summed E-state index contributed by atoms with van der Waals surface area (Å²) in [6.07, 6.45) is 6.83. The van der Waals surface area contributed by atoms with Crippen molar-refractivity contribution in [2.24, 2.45) is 0 Å². The van der Waals surface area contributed by atoms with E-state index in [0.29, 0.717) is 5.56 Å². The maximum absolute atomic E-state index is 11.9. The van der Waals surface area contributed by atoms with Gasteiger partial charge in [-0.3, -0.25) is 4.79 Å². The number of rotatable bonds is 5. The standard InChI is InChI=1S/C18H16O3/c1-21-18-9-5-3-7-15(18)6-2-4-8-17(20)14-10-12-16(19)13-11-14/h2-13,19H,1H3/b6-2+,8-4+. The number of benzene rings is 2. The first-order valence-electron chi connectivity index (χ1n) is 6.52. The Morgan fingerprint density at radius 1 is 1.05 bits per heavy atom. The van der Waals surface area contributed by atoms with E-state index in [1.54, 1.807) is 31.4 Å². The zero-order valence-electron chi connectivity index (χ0n) is 11.7. The van der Waals surface area contributed by atoms with Gasteiger partial charge in [0.15, 0.2) is 5.78 Å². The van der Waals surface area contributed by atoms with Crippen LogP contribution in [-0.4, -0.2) is 18.0 Å². The third kappa shape index (κ3) is 4.08. The van der Waals surface area contributed by atoms with Crippen molar-refractivity contribution in [3.05, 3.63) is 77.9 Å². The highest BCUT2D eigenvalue weighted by molar-refractivity contribution is 6.04. The van der Waals surface area contributed by atoms with Crippen molar-refractivity contribution >= 4 is 11.9 Å². The molecule has 0 radical (unpaired) electrons. The normalized spacial score (nSPS) is 11.1. The van der Waals surface area contributed by atoms with Gasteiger partial charge in [0.1, 0.15) is 11.5 Å². The van der Waals surface area contributed by atoms with E-state index >= 15 is 0 Å². The number of aromatic hydroxyl groups is 1.